The Hall–Kier alpha value is -2.45. The number of carboxylic acids is 1. The Labute approximate surface area is 115 Å². The van der Waals surface area contributed by atoms with Gasteiger partial charge in [0.05, 0.1) is 0 Å². The predicted octanol–water partition coefficient (Wildman–Crippen LogP) is -0.623. The highest BCUT2D eigenvalue weighted by Crippen LogP contribution is 2.08. The molecule has 0 bridgehead atoms. The Morgan fingerprint density at radius 1 is 1.40 bits per heavy atom. The fourth-order valence-corrected chi connectivity index (χ4v) is 1.40. The molecule has 0 aliphatic heterocycles. The van der Waals surface area contributed by atoms with Crippen molar-refractivity contribution in [3.8, 4) is 0 Å². The van der Waals surface area contributed by atoms with E-state index in [0.717, 1.165) is 0 Å². The van der Waals surface area contributed by atoms with E-state index in [2.05, 4.69) is 20.5 Å². The highest BCUT2D eigenvalue weighted by molar-refractivity contribution is 5.93. The van der Waals surface area contributed by atoms with Gasteiger partial charge in [-0.15, -0.1) is 5.10 Å². The predicted molar refractivity (Wildman–Crippen MR) is 67.8 cm³/mol. The van der Waals surface area contributed by atoms with Gasteiger partial charge < -0.3 is 16.2 Å². The minimum Gasteiger partial charge on any atom is -0.480 e. The van der Waals surface area contributed by atoms with Crippen LogP contribution in [0.2, 0.25) is 0 Å². The number of carbonyl (C=O) groups excluding carboxylic acids is 2. The average Bonchev–Trinajstić information content (AvgIpc) is 2.83. The van der Waals surface area contributed by atoms with Crippen molar-refractivity contribution < 1.29 is 19.5 Å². The molecule has 1 aromatic rings. The number of rotatable bonds is 7. The smallest absolute Gasteiger partial charge is 0.326 e. The number of aromatic amines is 1. The molecular weight excluding hydrogens is 266 g/mol. The van der Waals surface area contributed by atoms with Crippen LogP contribution in [-0.4, -0.2) is 44.1 Å². The fraction of sp³-hybridized carbons (Fsp3) is 0.545. The first-order chi connectivity index (χ1) is 9.31. The molecule has 0 spiro atoms. The Morgan fingerprint density at radius 3 is 2.50 bits per heavy atom. The van der Waals surface area contributed by atoms with Gasteiger partial charge in [0.1, 0.15) is 11.9 Å². The Bertz CT molecular complexity index is 511. The number of H-pyrrole nitrogens is 1. The largest absolute Gasteiger partial charge is 0.480 e. The maximum Gasteiger partial charge on any atom is 0.326 e. The molecule has 0 saturated carbocycles. The van der Waals surface area contributed by atoms with Crippen molar-refractivity contribution >= 4 is 17.8 Å². The molecule has 0 saturated heterocycles. The molecule has 1 unspecified atom stereocenters. The van der Waals surface area contributed by atoms with Crippen LogP contribution in [0.1, 0.15) is 49.1 Å². The quantitative estimate of drug-likeness (QED) is 0.523. The topological polar surface area (TPSA) is 151 Å². The molecule has 2 amide bonds. The molecule has 1 atom stereocenters. The third kappa shape index (κ3) is 4.34. The number of nitrogens with two attached hydrogens (primary N) is 1. The lowest BCUT2D eigenvalue weighted by atomic mass is 10.1. The number of carbonyl (C=O) groups is 3. The third-order valence-electron chi connectivity index (χ3n) is 2.54. The highest BCUT2D eigenvalue weighted by atomic mass is 16.4. The van der Waals surface area contributed by atoms with E-state index in [-0.39, 0.29) is 24.6 Å². The Morgan fingerprint density at radius 2 is 2.05 bits per heavy atom. The van der Waals surface area contributed by atoms with Crippen molar-refractivity contribution in [2.45, 2.75) is 38.6 Å². The molecule has 1 heterocycles. The van der Waals surface area contributed by atoms with Crippen LogP contribution < -0.4 is 11.1 Å². The van der Waals surface area contributed by atoms with Crippen LogP contribution in [0, 0.1) is 0 Å². The van der Waals surface area contributed by atoms with Gasteiger partial charge >= 0.3 is 5.97 Å². The highest BCUT2D eigenvalue weighted by Gasteiger charge is 2.23. The molecule has 0 aromatic carbocycles. The van der Waals surface area contributed by atoms with Gasteiger partial charge in [0, 0.05) is 12.3 Å². The van der Waals surface area contributed by atoms with Crippen LogP contribution in [0.5, 0.6) is 0 Å². The minimum atomic E-state index is -1.25. The van der Waals surface area contributed by atoms with Gasteiger partial charge in [0.25, 0.3) is 5.91 Å². The molecule has 0 aliphatic carbocycles. The van der Waals surface area contributed by atoms with Crippen LogP contribution in [0.15, 0.2) is 0 Å². The summed E-state index contributed by atoms with van der Waals surface area (Å²) in [6.07, 6.45) is -0.222. The van der Waals surface area contributed by atoms with Gasteiger partial charge in [0.15, 0.2) is 0 Å². The number of carboxylic acid groups (broad SMARTS) is 1. The standard InChI is InChI=1S/C11H17N5O4/c1-5(2)8-14-9(16-15-8)10(18)13-6(11(19)20)3-4-7(12)17/h5-6H,3-4H2,1-2H3,(H2,12,17)(H,13,18)(H,19,20)(H,14,15,16). The van der Waals surface area contributed by atoms with E-state index in [4.69, 9.17) is 10.8 Å². The Kier molecular flexibility index (Phi) is 5.18. The molecule has 1 rings (SSSR count). The summed E-state index contributed by atoms with van der Waals surface area (Å²) in [5.41, 5.74) is 4.95. The number of hydrogen-bond donors (Lipinski definition) is 4. The van der Waals surface area contributed by atoms with Crippen LogP contribution in [0.4, 0.5) is 0 Å². The van der Waals surface area contributed by atoms with Gasteiger partial charge in [-0.3, -0.25) is 14.7 Å². The zero-order chi connectivity index (χ0) is 15.3. The summed E-state index contributed by atoms with van der Waals surface area (Å²) in [4.78, 5) is 37.4. The second kappa shape index (κ2) is 6.64. The van der Waals surface area contributed by atoms with Gasteiger partial charge in [0.2, 0.25) is 11.7 Å². The third-order valence-corrected chi connectivity index (χ3v) is 2.54. The van der Waals surface area contributed by atoms with Crippen LogP contribution in [0.25, 0.3) is 0 Å². The summed E-state index contributed by atoms with van der Waals surface area (Å²) >= 11 is 0. The summed E-state index contributed by atoms with van der Waals surface area (Å²) in [7, 11) is 0. The number of amides is 2. The zero-order valence-electron chi connectivity index (χ0n) is 11.2. The van der Waals surface area contributed by atoms with Gasteiger partial charge in [-0.25, -0.2) is 9.78 Å². The normalized spacial score (nSPS) is 12.2. The van der Waals surface area contributed by atoms with Crippen molar-refractivity contribution in [1.29, 1.82) is 0 Å². The minimum absolute atomic E-state index is 0.0641. The number of hydrogen-bond acceptors (Lipinski definition) is 5. The molecular formula is C11H17N5O4. The first-order valence-corrected chi connectivity index (χ1v) is 6.05. The molecule has 1 aromatic heterocycles. The van der Waals surface area contributed by atoms with E-state index in [1.54, 1.807) is 0 Å². The zero-order valence-corrected chi connectivity index (χ0v) is 11.2. The molecule has 0 fully saturated rings. The van der Waals surface area contributed by atoms with E-state index in [9.17, 15) is 14.4 Å². The van der Waals surface area contributed by atoms with E-state index < -0.39 is 23.8 Å². The van der Waals surface area contributed by atoms with Gasteiger partial charge in [-0.1, -0.05) is 13.8 Å². The van der Waals surface area contributed by atoms with Crippen molar-refractivity contribution in [1.82, 2.24) is 20.5 Å². The average molecular weight is 283 g/mol. The number of nitrogens with zero attached hydrogens (tertiary/aromatic N) is 2. The number of aromatic nitrogens is 3. The SMILES string of the molecule is CC(C)c1nc(C(=O)NC(CCC(N)=O)C(=O)O)n[nH]1. The van der Waals surface area contributed by atoms with E-state index >= 15 is 0 Å². The molecule has 110 valence electrons. The summed E-state index contributed by atoms with van der Waals surface area (Å²) in [5.74, 6) is -2.15. The molecule has 5 N–H and O–H groups in total. The lowest BCUT2D eigenvalue weighted by Gasteiger charge is -2.11. The van der Waals surface area contributed by atoms with E-state index in [0.29, 0.717) is 5.82 Å². The molecule has 9 heteroatoms. The van der Waals surface area contributed by atoms with Gasteiger partial charge in [-0.2, -0.15) is 0 Å². The number of primary amides is 1. The summed E-state index contributed by atoms with van der Waals surface area (Å²) < 4.78 is 0. The number of nitrogens with one attached hydrogen (secondary N) is 2. The van der Waals surface area contributed by atoms with E-state index in [1.165, 1.54) is 0 Å². The van der Waals surface area contributed by atoms with Crippen LogP contribution >= 0.6 is 0 Å². The second-order valence-corrected chi connectivity index (χ2v) is 4.57. The lowest BCUT2D eigenvalue weighted by Crippen LogP contribution is -2.41. The van der Waals surface area contributed by atoms with E-state index in [1.807, 2.05) is 13.8 Å². The second-order valence-electron chi connectivity index (χ2n) is 4.57. The first kappa shape index (κ1) is 15.6. The molecule has 9 nitrogen and oxygen atoms in total. The molecule has 20 heavy (non-hydrogen) atoms. The lowest BCUT2D eigenvalue weighted by molar-refractivity contribution is -0.139. The first-order valence-electron chi connectivity index (χ1n) is 6.05. The monoisotopic (exact) mass is 283 g/mol. The van der Waals surface area contributed by atoms with Gasteiger partial charge in [-0.05, 0) is 6.42 Å². The summed E-state index contributed by atoms with van der Waals surface area (Å²) in [6.45, 7) is 3.74. The molecule has 0 radical (unpaired) electrons. The van der Waals surface area contributed by atoms with Crippen molar-refractivity contribution in [3.05, 3.63) is 11.6 Å². The van der Waals surface area contributed by atoms with Crippen LogP contribution in [-0.2, 0) is 9.59 Å². The maximum atomic E-state index is 11.8. The molecule has 0 aliphatic rings. The Balaban J connectivity index is 2.69. The number of aliphatic carboxylic acids is 1. The van der Waals surface area contributed by atoms with Crippen molar-refractivity contribution in [2.75, 3.05) is 0 Å². The maximum absolute atomic E-state index is 11.8. The fourth-order valence-electron chi connectivity index (χ4n) is 1.40. The summed E-state index contributed by atoms with van der Waals surface area (Å²) in [5, 5.41) is 17.5. The van der Waals surface area contributed by atoms with Crippen LogP contribution in [0.3, 0.4) is 0 Å². The van der Waals surface area contributed by atoms with Crippen molar-refractivity contribution in [3.63, 3.8) is 0 Å². The summed E-state index contributed by atoms with van der Waals surface area (Å²) in [6, 6.07) is -1.21. The van der Waals surface area contributed by atoms with Crippen molar-refractivity contribution in [2.24, 2.45) is 5.73 Å².